The van der Waals surface area contributed by atoms with Gasteiger partial charge in [0, 0.05) is 11.1 Å². The van der Waals surface area contributed by atoms with Gasteiger partial charge in [-0.15, -0.1) is 0 Å². The number of rotatable bonds is 12. The van der Waals surface area contributed by atoms with E-state index in [9.17, 15) is 13.2 Å². The van der Waals surface area contributed by atoms with Crippen LogP contribution in [0.15, 0.2) is 71.6 Å². The monoisotopic (exact) mass is 555 g/mol. The van der Waals surface area contributed by atoms with Crippen LogP contribution in [-0.2, 0) is 14.8 Å². The molecular formula is C30H34ClNO5S. The van der Waals surface area contributed by atoms with Crippen LogP contribution in [0.5, 0.6) is 11.5 Å². The number of carbonyl (C=O) groups excluding carboxylic acids is 1. The molecule has 0 aromatic heterocycles. The number of aryl methyl sites for hydroxylation is 2. The van der Waals surface area contributed by atoms with Crippen LogP contribution >= 0.6 is 11.6 Å². The van der Waals surface area contributed by atoms with Gasteiger partial charge in [-0.2, -0.15) is 4.31 Å². The van der Waals surface area contributed by atoms with E-state index in [1.165, 1.54) is 36.8 Å². The van der Waals surface area contributed by atoms with Crippen molar-refractivity contribution in [3.8, 4) is 11.5 Å². The minimum absolute atomic E-state index is 0.0355. The number of ether oxygens (including phenoxy) is 2. The molecule has 0 atom stereocenters. The molecule has 38 heavy (non-hydrogen) atoms. The lowest BCUT2D eigenvalue weighted by molar-refractivity contribution is -0.113. The van der Waals surface area contributed by atoms with E-state index in [-0.39, 0.29) is 4.90 Å². The van der Waals surface area contributed by atoms with Gasteiger partial charge in [0.1, 0.15) is 0 Å². The molecule has 3 aromatic rings. The summed E-state index contributed by atoms with van der Waals surface area (Å²) >= 11 is 5.96. The molecule has 0 bridgehead atoms. The third kappa shape index (κ3) is 7.39. The third-order valence-corrected chi connectivity index (χ3v) is 7.97. The SMILES string of the molecule is CCCCCCOc1ccc(/C=C/C(=O)N(c2cc(C)ccc2C)S(=O)(=O)c2ccc(Cl)cc2)cc1OC. The smallest absolute Gasteiger partial charge is 0.271 e. The largest absolute Gasteiger partial charge is 0.493 e. The topological polar surface area (TPSA) is 72.9 Å². The van der Waals surface area contributed by atoms with Gasteiger partial charge in [-0.05, 0) is 85.5 Å². The van der Waals surface area contributed by atoms with Crippen LogP contribution in [0.2, 0.25) is 5.02 Å². The lowest BCUT2D eigenvalue weighted by atomic mass is 10.1. The number of amides is 1. The minimum Gasteiger partial charge on any atom is -0.493 e. The Kier molecular flexibility index (Phi) is 10.4. The number of hydrogen-bond acceptors (Lipinski definition) is 5. The summed E-state index contributed by atoms with van der Waals surface area (Å²) < 4.78 is 39.5. The normalized spacial score (nSPS) is 11.5. The molecule has 0 saturated heterocycles. The number of benzene rings is 3. The Balaban J connectivity index is 1.91. The number of unbranched alkanes of at least 4 members (excludes halogenated alkanes) is 3. The Morgan fingerprint density at radius 2 is 1.68 bits per heavy atom. The maximum Gasteiger partial charge on any atom is 0.271 e. The molecule has 0 spiro atoms. The van der Waals surface area contributed by atoms with Crippen molar-refractivity contribution in [2.45, 2.75) is 51.3 Å². The van der Waals surface area contributed by atoms with E-state index < -0.39 is 15.9 Å². The number of carbonyl (C=O) groups is 1. The van der Waals surface area contributed by atoms with Gasteiger partial charge in [-0.25, -0.2) is 8.42 Å². The van der Waals surface area contributed by atoms with Crippen molar-refractivity contribution in [2.24, 2.45) is 0 Å². The summed E-state index contributed by atoms with van der Waals surface area (Å²) in [6.07, 6.45) is 7.21. The predicted molar refractivity (Wildman–Crippen MR) is 154 cm³/mol. The second-order valence-corrected chi connectivity index (χ2v) is 11.2. The van der Waals surface area contributed by atoms with E-state index in [0.29, 0.717) is 39.9 Å². The van der Waals surface area contributed by atoms with Gasteiger partial charge in [0.2, 0.25) is 0 Å². The molecular weight excluding hydrogens is 522 g/mol. The zero-order chi connectivity index (χ0) is 27.7. The second kappa shape index (κ2) is 13.5. The number of methoxy groups -OCH3 is 1. The fourth-order valence-electron chi connectivity index (χ4n) is 3.87. The lowest BCUT2D eigenvalue weighted by Crippen LogP contribution is -2.36. The Labute approximate surface area is 230 Å². The average Bonchev–Trinajstić information content (AvgIpc) is 2.90. The van der Waals surface area contributed by atoms with Gasteiger partial charge < -0.3 is 9.47 Å². The number of halogens is 1. The van der Waals surface area contributed by atoms with Crippen molar-refractivity contribution in [3.05, 3.63) is 88.5 Å². The van der Waals surface area contributed by atoms with Crippen LogP contribution in [0.3, 0.4) is 0 Å². The molecule has 0 heterocycles. The van der Waals surface area contributed by atoms with E-state index in [4.69, 9.17) is 21.1 Å². The zero-order valence-corrected chi connectivity index (χ0v) is 23.8. The highest BCUT2D eigenvalue weighted by molar-refractivity contribution is 7.93. The molecule has 0 fully saturated rings. The molecule has 0 radical (unpaired) electrons. The third-order valence-electron chi connectivity index (χ3n) is 6.00. The Hall–Kier alpha value is -3.29. The number of nitrogens with zero attached hydrogens (tertiary/aromatic N) is 1. The summed E-state index contributed by atoms with van der Waals surface area (Å²) in [5, 5.41) is 0.399. The van der Waals surface area contributed by atoms with Crippen molar-refractivity contribution in [2.75, 3.05) is 18.0 Å². The number of hydrogen-bond donors (Lipinski definition) is 0. The van der Waals surface area contributed by atoms with Crippen LogP contribution in [-0.4, -0.2) is 28.0 Å². The maximum atomic E-state index is 13.7. The number of anilines is 1. The van der Waals surface area contributed by atoms with Gasteiger partial charge in [-0.3, -0.25) is 4.79 Å². The van der Waals surface area contributed by atoms with Crippen LogP contribution in [0.25, 0.3) is 6.08 Å². The van der Waals surface area contributed by atoms with Gasteiger partial charge >= 0.3 is 0 Å². The molecule has 8 heteroatoms. The molecule has 6 nitrogen and oxygen atoms in total. The molecule has 0 saturated carbocycles. The summed E-state index contributed by atoms with van der Waals surface area (Å²) in [5.74, 6) is 0.453. The van der Waals surface area contributed by atoms with Crippen molar-refractivity contribution in [1.82, 2.24) is 0 Å². The number of sulfonamides is 1. The molecule has 3 aromatic carbocycles. The summed E-state index contributed by atoms with van der Waals surface area (Å²) in [6.45, 7) is 6.37. The molecule has 3 rings (SSSR count). The summed E-state index contributed by atoms with van der Waals surface area (Å²) in [4.78, 5) is 13.5. The first kappa shape index (κ1) is 29.3. The standard InChI is InChI=1S/C30H34ClNO5S/c1-5-6-7-8-19-37-28-17-11-24(21-29(28)36-4)12-18-30(33)32(27-20-22(2)9-10-23(27)3)38(34,35)26-15-13-25(31)14-16-26/h9-18,20-21H,5-8,19H2,1-4H3/b18-12+. The molecule has 0 aliphatic heterocycles. The molecule has 1 amide bonds. The first-order valence-corrected chi connectivity index (χ1v) is 14.4. The van der Waals surface area contributed by atoms with Crippen LogP contribution in [0, 0.1) is 13.8 Å². The van der Waals surface area contributed by atoms with Crippen molar-refractivity contribution in [3.63, 3.8) is 0 Å². The van der Waals surface area contributed by atoms with E-state index in [0.717, 1.165) is 29.1 Å². The highest BCUT2D eigenvalue weighted by Crippen LogP contribution is 2.31. The quantitative estimate of drug-likeness (QED) is 0.172. The Bertz CT molecular complexity index is 1380. The predicted octanol–water partition coefficient (Wildman–Crippen LogP) is 7.36. The summed E-state index contributed by atoms with van der Waals surface area (Å²) in [7, 11) is -2.67. The van der Waals surface area contributed by atoms with E-state index in [1.54, 1.807) is 50.4 Å². The highest BCUT2D eigenvalue weighted by Gasteiger charge is 2.31. The van der Waals surface area contributed by atoms with Gasteiger partial charge in [0.25, 0.3) is 15.9 Å². The molecule has 0 N–H and O–H groups in total. The fourth-order valence-corrected chi connectivity index (χ4v) is 5.44. The first-order chi connectivity index (χ1) is 18.2. The summed E-state index contributed by atoms with van der Waals surface area (Å²) in [5.41, 5.74) is 2.43. The van der Waals surface area contributed by atoms with Gasteiger partial charge in [0.05, 0.1) is 24.3 Å². The Morgan fingerprint density at radius 1 is 0.947 bits per heavy atom. The molecule has 0 aliphatic carbocycles. The van der Waals surface area contributed by atoms with Crippen LogP contribution < -0.4 is 13.8 Å². The van der Waals surface area contributed by atoms with Gasteiger partial charge in [0.15, 0.2) is 11.5 Å². The van der Waals surface area contributed by atoms with Crippen molar-refractivity contribution in [1.29, 1.82) is 0 Å². The second-order valence-electron chi connectivity index (χ2n) is 9.00. The van der Waals surface area contributed by atoms with Crippen molar-refractivity contribution < 1.29 is 22.7 Å². The lowest BCUT2D eigenvalue weighted by Gasteiger charge is -2.23. The Morgan fingerprint density at radius 3 is 2.37 bits per heavy atom. The average molecular weight is 556 g/mol. The molecule has 0 aliphatic rings. The molecule has 0 unspecified atom stereocenters. The van der Waals surface area contributed by atoms with E-state index in [1.807, 2.05) is 13.0 Å². The fraction of sp³-hybridized carbons (Fsp3) is 0.300. The van der Waals surface area contributed by atoms with Crippen LogP contribution in [0.1, 0.15) is 49.3 Å². The summed E-state index contributed by atoms with van der Waals surface area (Å²) in [6, 6.07) is 16.4. The maximum absolute atomic E-state index is 13.7. The van der Waals surface area contributed by atoms with Crippen molar-refractivity contribution >= 4 is 39.3 Å². The first-order valence-electron chi connectivity index (χ1n) is 12.6. The van der Waals surface area contributed by atoms with E-state index >= 15 is 0 Å². The minimum atomic E-state index is -4.22. The van der Waals surface area contributed by atoms with E-state index in [2.05, 4.69) is 6.92 Å². The molecule has 202 valence electrons. The van der Waals surface area contributed by atoms with Crippen LogP contribution in [0.4, 0.5) is 5.69 Å². The van der Waals surface area contributed by atoms with Gasteiger partial charge in [-0.1, -0.05) is 56.0 Å². The highest BCUT2D eigenvalue weighted by atomic mass is 35.5. The zero-order valence-electron chi connectivity index (χ0n) is 22.2.